The van der Waals surface area contributed by atoms with Crippen molar-refractivity contribution in [1.82, 2.24) is 10.2 Å². The fourth-order valence-electron chi connectivity index (χ4n) is 4.15. The van der Waals surface area contributed by atoms with Gasteiger partial charge in [0.1, 0.15) is 11.3 Å². The summed E-state index contributed by atoms with van der Waals surface area (Å²) < 4.78 is 16.7. The molecule has 1 fully saturated rings. The smallest absolute Gasteiger partial charge is 0.287 e. The zero-order valence-corrected chi connectivity index (χ0v) is 18.4. The molecule has 1 atom stereocenters. The molecule has 6 heteroatoms. The van der Waals surface area contributed by atoms with E-state index in [1.807, 2.05) is 31.2 Å². The van der Waals surface area contributed by atoms with Crippen molar-refractivity contribution < 1.29 is 18.7 Å². The molecule has 2 heterocycles. The average molecular weight is 423 g/mol. The molecule has 1 N–H and O–H groups in total. The molecule has 1 aliphatic rings. The predicted molar refractivity (Wildman–Crippen MR) is 121 cm³/mol. The molecule has 6 nitrogen and oxygen atoms in total. The summed E-state index contributed by atoms with van der Waals surface area (Å²) in [5.41, 5.74) is 4.00. The van der Waals surface area contributed by atoms with Crippen LogP contribution in [0.1, 0.15) is 40.2 Å². The van der Waals surface area contributed by atoms with Crippen molar-refractivity contribution in [3.05, 3.63) is 64.9 Å². The number of carbonyl (C=O) groups is 1. The lowest BCUT2D eigenvalue weighted by Gasteiger charge is -2.35. The van der Waals surface area contributed by atoms with E-state index >= 15 is 0 Å². The number of hydrogen-bond donors (Lipinski definition) is 1. The molecule has 0 bridgehead atoms. The number of hydrogen-bond acceptors (Lipinski definition) is 5. The van der Waals surface area contributed by atoms with Crippen molar-refractivity contribution in [1.29, 1.82) is 0 Å². The topological polar surface area (TPSA) is 63.9 Å². The summed E-state index contributed by atoms with van der Waals surface area (Å²) in [7, 11) is 1.66. The number of morpholine rings is 1. The first kappa shape index (κ1) is 21.4. The lowest BCUT2D eigenvalue weighted by molar-refractivity contribution is 0.0161. The van der Waals surface area contributed by atoms with Gasteiger partial charge in [0.2, 0.25) is 0 Å². The summed E-state index contributed by atoms with van der Waals surface area (Å²) in [6, 6.07) is 14.2. The van der Waals surface area contributed by atoms with Gasteiger partial charge in [-0.3, -0.25) is 9.69 Å². The molecular weight excluding hydrogens is 392 g/mol. The largest absolute Gasteiger partial charge is 0.497 e. The molecule has 31 heavy (non-hydrogen) atoms. The van der Waals surface area contributed by atoms with Gasteiger partial charge in [-0.25, -0.2) is 0 Å². The molecular formula is C25H30N2O4. The number of methoxy groups -OCH3 is 1. The van der Waals surface area contributed by atoms with Gasteiger partial charge in [-0.1, -0.05) is 25.1 Å². The molecule has 164 valence electrons. The minimum atomic E-state index is -0.182. The van der Waals surface area contributed by atoms with E-state index in [0.29, 0.717) is 25.5 Å². The molecule has 3 aromatic rings. The van der Waals surface area contributed by atoms with Crippen LogP contribution in [0.25, 0.3) is 11.0 Å². The Morgan fingerprint density at radius 2 is 1.90 bits per heavy atom. The van der Waals surface area contributed by atoms with Crippen LogP contribution in [0.2, 0.25) is 0 Å². The fourth-order valence-corrected chi connectivity index (χ4v) is 4.15. The Morgan fingerprint density at radius 3 is 2.58 bits per heavy atom. The molecule has 4 rings (SSSR count). The van der Waals surface area contributed by atoms with Crippen LogP contribution in [0.5, 0.6) is 5.75 Å². The number of benzene rings is 2. The molecule has 0 radical (unpaired) electrons. The van der Waals surface area contributed by atoms with Gasteiger partial charge < -0.3 is 19.2 Å². The van der Waals surface area contributed by atoms with Crippen LogP contribution in [0, 0.1) is 6.92 Å². The number of furan rings is 1. The highest BCUT2D eigenvalue weighted by Gasteiger charge is 2.25. The fraction of sp³-hybridized carbons (Fsp3) is 0.400. The van der Waals surface area contributed by atoms with E-state index in [1.165, 1.54) is 5.56 Å². The number of fused-ring (bicyclic) bond motifs is 1. The first-order valence-electron chi connectivity index (χ1n) is 10.9. The molecule has 1 amide bonds. The first-order valence-corrected chi connectivity index (χ1v) is 10.9. The second kappa shape index (κ2) is 9.54. The minimum Gasteiger partial charge on any atom is -0.497 e. The lowest BCUT2D eigenvalue weighted by Crippen LogP contribution is -2.43. The summed E-state index contributed by atoms with van der Waals surface area (Å²) in [5.74, 6) is 1.02. The van der Waals surface area contributed by atoms with E-state index in [9.17, 15) is 4.79 Å². The standard InChI is InChI=1S/C25H30N2O4/c1-4-18-5-10-23-21(15-18)17(2)24(31-23)25(28)26-16-22(27-11-13-30-14-12-27)19-6-8-20(29-3)9-7-19/h5-10,15,22H,4,11-14,16H2,1-3H3,(H,26,28)/t22-/m1/s1. The maximum atomic E-state index is 13.0. The van der Waals surface area contributed by atoms with Crippen molar-refractivity contribution in [2.24, 2.45) is 0 Å². The molecule has 0 aliphatic carbocycles. The summed E-state index contributed by atoms with van der Waals surface area (Å²) >= 11 is 0. The number of nitrogens with zero attached hydrogens (tertiary/aromatic N) is 1. The van der Waals surface area contributed by atoms with Crippen molar-refractivity contribution in [2.75, 3.05) is 40.0 Å². The van der Waals surface area contributed by atoms with Crippen LogP contribution in [-0.4, -0.2) is 50.8 Å². The maximum absolute atomic E-state index is 13.0. The average Bonchev–Trinajstić information content (AvgIpc) is 3.16. The normalized spacial score (nSPS) is 15.7. The van der Waals surface area contributed by atoms with E-state index in [-0.39, 0.29) is 11.9 Å². The number of aryl methyl sites for hydroxylation is 2. The molecule has 1 aliphatic heterocycles. The summed E-state index contributed by atoms with van der Waals surface area (Å²) in [4.78, 5) is 15.4. The Hall–Kier alpha value is -2.83. The van der Waals surface area contributed by atoms with Crippen molar-refractivity contribution in [3.63, 3.8) is 0 Å². The molecule has 1 saturated heterocycles. The van der Waals surface area contributed by atoms with Crippen molar-refractivity contribution in [2.45, 2.75) is 26.3 Å². The van der Waals surface area contributed by atoms with Crippen molar-refractivity contribution >= 4 is 16.9 Å². The third kappa shape index (κ3) is 4.60. The van der Waals surface area contributed by atoms with E-state index in [2.05, 4.69) is 35.3 Å². The Morgan fingerprint density at radius 1 is 1.16 bits per heavy atom. The van der Waals surface area contributed by atoms with E-state index in [1.54, 1.807) is 7.11 Å². The Labute approximate surface area is 183 Å². The number of nitrogens with one attached hydrogen (secondary N) is 1. The molecule has 0 spiro atoms. The van der Waals surface area contributed by atoms with Crippen LogP contribution in [0.15, 0.2) is 46.9 Å². The van der Waals surface area contributed by atoms with Crippen molar-refractivity contribution in [3.8, 4) is 5.75 Å². The van der Waals surface area contributed by atoms with Gasteiger partial charge in [0.05, 0.1) is 26.4 Å². The first-order chi connectivity index (χ1) is 15.1. The number of rotatable bonds is 7. The molecule has 2 aromatic carbocycles. The van der Waals surface area contributed by atoms with Crippen LogP contribution in [0.3, 0.4) is 0 Å². The summed E-state index contributed by atoms with van der Waals surface area (Å²) in [6.45, 7) is 7.61. The second-order valence-corrected chi connectivity index (χ2v) is 7.89. The number of ether oxygens (including phenoxy) is 2. The van der Waals surface area contributed by atoms with Crippen LogP contribution in [0.4, 0.5) is 0 Å². The second-order valence-electron chi connectivity index (χ2n) is 7.89. The Balaban J connectivity index is 1.54. The Bertz CT molecular complexity index is 1040. The monoisotopic (exact) mass is 422 g/mol. The highest BCUT2D eigenvalue weighted by molar-refractivity contribution is 5.99. The minimum absolute atomic E-state index is 0.0511. The van der Waals surface area contributed by atoms with E-state index in [4.69, 9.17) is 13.9 Å². The third-order valence-electron chi connectivity index (χ3n) is 6.06. The highest BCUT2D eigenvalue weighted by Crippen LogP contribution is 2.27. The SMILES string of the molecule is CCc1ccc2oc(C(=O)NC[C@H](c3ccc(OC)cc3)N3CCOCC3)c(C)c2c1. The highest BCUT2D eigenvalue weighted by atomic mass is 16.5. The van der Waals surface area contributed by atoms with Gasteiger partial charge in [0.15, 0.2) is 5.76 Å². The Kier molecular flexibility index (Phi) is 6.59. The van der Waals surface area contributed by atoms with E-state index < -0.39 is 0 Å². The molecule has 1 aromatic heterocycles. The maximum Gasteiger partial charge on any atom is 0.287 e. The zero-order chi connectivity index (χ0) is 21.8. The van der Waals surface area contributed by atoms with Gasteiger partial charge in [-0.15, -0.1) is 0 Å². The molecule has 0 saturated carbocycles. The zero-order valence-electron chi connectivity index (χ0n) is 18.4. The predicted octanol–water partition coefficient (Wildman–Crippen LogP) is 4.12. The lowest BCUT2D eigenvalue weighted by atomic mass is 10.0. The quantitative estimate of drug-likeness (QED) is 0.621. The van der Waals surface area contributed by atoms with Gasteiger partial charge >= 0.3 is 0 Å². The van der Waals surface area contributed by atoms with Crippen LogP contribution in [-0.2, 0) is 11.2 Å². The molecule has 0 unspecified atom stereocenters. The van der Waals surface area contributed by atoms with Gasteiger partial charge in [0, 0.05) is 30.6 Å². The van der Waals surface area contributed by atoms with Gasteiger partial charge in [-0.2, -0.15) is 0 Å². The number of carbonyl (C=O) groups excluding carboxylic acids is 1. The summed E-state index contributed by atoms with van der Waals surface area (Å²) in [5, 5.41) is 4.11. The van der Waals surface area contributed by atoms with Crippen LogP contribution >= 0.6 is 0 Å². The van der Waals surface area contributed by atoms with E-state index in [0.717, 1.165) is 47.4 Å². The van der Waals surface area contributed by atoms with Gasteiger partial charge in [-0.05, 0) is 48.7 Å². The van der Waals surface area contributed by atoms with Crippen LogP contribution < -0.4 is 10.1 Å². The van der Waals surface area contributed by atoms with Gasteiger partial charge in [0.25, 0.3) is 5.91 Å². The summed E-state index contributed by atoms with van der Waals surface area (Å²) in [6.07, 6.45) is 0.950. The number of amides is 1. The third-order valence-corrected chi connectivity index (χ3v) is 6.06.